The molecule has 1 aromatic heterocycles. The lowest BCUT2D eigenvalue weighted by atomic mass is 9.97. The number of fused-ring (bicyclic) bond motifs is 1. The molecule has 1 aliphatic rings. The molecule has 1 saturated heterocycles. The van der Waals surface area contributed by atoms with Gasteiger partial charge in [0.05, 0.1) is 15.2 Å². The van der Waals surface area contributed by atoms with Gasteiger partial charge in [0.15, 0.2) is 0 Å². The molecule has 19 heavy (non-hydrogen) atoms. The molecule has 2 aromatic rings. The highest BCUT2D eigenvalue weighted by Crippen LogP contribution is 2.25. The summed E-state index contributed by atoms with van der Waals surface area (Å²) in [5.74, 6) is 0.280. The number of nitrogens with zero attached hydrogens (tertiary/aromatic N) is 1. The Balaban J connectivity index is 1.74. The number of aromatic nitrogens is 1. The fraction of sp³-hybridized carbons (Fsp3) is 0.429. The molecule has 2 heterocycles. The molecule has 4 nitrogen and oxygen atoms in total. The number of amides is 1. The van der Waals surface area contributed by atoms with Gasteiger partial charge >= 0.3 is 0 Å². The number of thiazole rings is 1. The predicted molar refractivity (Wildman–Crippen MR) is 78.6 cm³/mol. The zero-order valence-electron chi connectivity index (χ0n) is 10.9. The molecule has 0 aliphatic carbocycles. The fourth-order valence-corrected chi connectivity index (χ4v) is 3.31. The van der Waals surface area contributed by atoms with Crippen LogP contribution in [0.5, 0.6) is 0 Å². The van der Waals surface area contributed by atoms with Crippen LogP contribution in [0.4, 0.5) is 5.69 Å². The summed E-state index contributed by atoms with van der Waals surface area (Å²) in [4.78, 5) is 16.6. The van der Waals surface area contributed by atoms with E-state index in [1.54, 1.807) is 11.3 Å². The van der Waals surface area contributed by atoms with Crippen molar-refractivity contribution in [2.75, 3.05) is 18.4 Å². The Hall–Kier alpha value is -1.46. The highest BCUT2D eigenvalue weighted by Gasteiger charge is 2.20. The third-order valence-corrected chi connectivity index (χ3v) is 4.41. The van der Waals surface area contributed by atoms with Crippen LogP contribution in [0.2, 0.25) is 0 Å². The maximum atomic E-state index is 12.2. The van der Waals surface area contributed by atoms with Crippen LogP contribution >= 0.6 is 11.3 Å². The number of hydrogen-bond donors (Lipinski definition) is 2. The number of carbonyl (C=O) groups is 1. The Morgan fingerprint density at radius 1 is 1.42 bits per heavy atom. The van der Waals surface area contributed by atoms with E-state index in [0.29, 0.717) is 0 Å². The van der Waals surface area contributed by atoms with Crippen molar-refractivity contribution in [3.8, 4) is 0 Å². The van der Waals surface area contributed by atoms with Crippen LogP contribution in [-0.4, -0.2) is 24.0 Å². The molecular formula is C14H17N3OS. The zero-order valence-corrected chi connectivity index (χ0v) is 11.7. The van der Waals surface area contributed by atoms with E-state index in [0.717, 1.165) is 46.8 Å². The standard InChI is InChI=1S/C14H17N3OS/c1-9-16-12-3-2-11(8-13(12)19-9)17-14(18)10-4-6-15-7-5-10/h2-3,8,10,15H,4-7H2,1H3,(H,17,18). The molecule has 2 N–H and O–H groups in total. The molecule has 0 unspecified atom stereocenters. The lowest BCUT2D eigenvalue weighted by molar-refractivity contribution is -0.120. The van der Waals surface area contributed by atoms with Gasteiger partial charge in [-0.2, -0.15) is 0 Å². The summed E-state index contributed by atoms with van der Waals surface area (Å²) in [6.07, 6.45) is 1.85. The van der Waals surface area contributed by atoms with Gasteiger partial charge < -0.3 is 10.6 Å². The predicted octanol–water partition coefficient (Wildman–Crippen LogP) is 2.54. The number of aryl methyl sites for hydroxylation is 1. The summed E-state index contributed by atoms with van der Waals surface area (Å²) in [6, 6.07) is 5.91. The van der Waals surface area contributed by atoms with Gasteiger partial charge in [-0.3, -0.25) is 4.79 Å². The molecule has 100 valence electrons. The van der Waals surface area contributed by atoms with E-state index in [-0.39, 0.29) is 11.8 Å². The van der Waals surface area contributed by atoms with Crippen LogP contribution in [0.15, 0.2) is 18.2 Å². The minimum atomic E-state index is 0.139. The van der Waals surface area contributed by atoms with Crippen molar-refractivity contribution >= 4 is 33.1 Å². The summed E-state index contributed by atoms with van der Waals surface area (Å²) in [6.45, 7) is 3.87. The molecule has 5 heteroatoms. The van der Waals surface area contributed by atoms with E-state index in [9.17, 15) is 4.79 Å². The first-order chi connectivity index (χ1) is 9.22. The van der Waals surface area contributed by atoms with Crippen molar-refractivity contribution in [3.05, 3.63) is 23.2 Å². The van der Waals surface area contributed by atoms with Crippen molar-refractivity contribution in [2.45, 2.75) is 19.8 Å². The van der Waals surface area contributed by atoms with Crippen molar-refractivity contribution in [1.29, 1.82) is 0 Å². The maximum absolute atomic E-state index is 12.2. The van der Waals surface area contributed by atoms with Crippen molar-refractivity contribution < 1.29 is 4.79 Å². The number of carbonyl (C=O) groups excluding carboxylic acids is 1. The lowest BCUT2D eigenvalue weighted by Gasteiger charge is -2.21. The molecule has 1 fully saturated rings. The number of piperidine rings is 1. The molecule has 1 amide bonds. The van der Waals surface area contributed by atoms with Crippen molar-refractivity contribution in [3.63, 3.8) is 0 Å². The minimum absolute atomic E-state index is 0.139. The number of hydrogen-bond acceptors (Lipinski definition) is 4. The van der Waals surface area contributed by atoms with Gasteiger partial charge in [0.25, 0.3) is 0 Å². The maximum Gasteiger partial charge on any atom is 0.227 e. The largest absolute Gasteiger partial charge is 0.326 e. The van der Waals surface area contributed by atoms with Crippen LogP contribution < -0.4 is 10.6 Å². The Kier molecular flexibility index (Phi) is 3.48. The molecule has 1 aliphatic heterocycles. The van der Waals surface area contributed by atoms with E-state index >= 15 is 0 Å². The summed E-state index contributed by atoms with van der Waals surface area (Å²) in [7, 11) is 0. The molecule has 0 atom stereocenters. The van der Waals surface area contributed by atoms with Crippen molar-refractivity contribution in [1.82, 2.24) is 10.3 Å². The minimum Gasteiger partial charge on any atom is -0.326 e. The van der Waals surface area contributed by atoms with Gasteiger partial charge in [-0.1, -0.05) is 0 Å². The third-order valence-electron chi connectivity index (χ3n) is 3.47. The fourth-order valence-electron chi connectivity index (χ4n) is 2.45. The van der Waals surface area contributed by atoms with Crippen LogP contribution in [0, 0.1) is 12.8 Å². The Morgan fingerprint density at radius 3 is 3.00 bits per heavy atom. The SMILES string of the molecule is Cc1nc2ccc(NC(=O)C3CCNCC3)cc2s1. The topological polar surface area (TPSA) is 54.0 Å². The molecule has 3 rings (SSSR count). The first kappa shape index (κ1) is 12.6. The van der Waals surface area contributed by atoms with E-state index in [1.807, 2.05) is 25.1 Å². The number of rotatable bonds is 2. The first-order valence-electron chi connectivity index (χ1n) is 6.61. The lowest BCUT2D eigenvalue weighted by Crippen LogP contribution is -2.34. The molecule has 1 aromatic carbocycles. The second kappa shape index (κ2) is 5.27. The van der Waals surface area contributed by atoms with E-state index < -0.39 is 0 Å². The van der Waals surface area contributed by atoms with Gasteiger partial charge in [0.1, 0.15) is 0 Å². The Labute approximate surface area is 116 Å². The number of benzene rings is 1. The second-order valence-electron chi connectivity index (χ2n) is 4.93. The third kappa shape index (κ3) is 2.77. The summed E-state index contributed by atoms with van der Waals surface area (Å²) >= 11 is 1.66. The van der Waals surface area contributed by atoms with Crippen LogP contribution in [0.3, 0.4) is 0 Å². The molecule has 0 radical (unpaired) electrons. The summed E-state index contributed by atoms with van der Waals surface area (Å²) in [5.41, 5.74) is 1.88. The van der Waals surface area contributed by atoms with Crippen LogP contribution in [0.25, 0.3) is 10.2 Å². The Bertz CT molecular complexity index is 602. The highest BCUT2D eigenvalue weighted by atomic mass is 32.1. The molecule has 0 spiro atoms. The Morgan fingerprint density at radius 2 is 2.21 bits per heavy atom. The number of anilines is 1. The van der Waals surface area contributed by atoms with Gasteiger partial charge in [0, 0.05) is 11.6 Å². The summed E-state index contributed by atoms with van der Waals surface area (Å²) < 4.78 is 1.13. The molecule has 0 bridgehead atoms. The zero-order chi connectivity index (χ0) is 13.2. The van der Waals surface area contributed by atoms with Gasteiger partial charge in [-0.25, -0.2) is 4.98 Å². The van der Waals surface area contributed by atoms with Gasteiger partial charge in [-0.05, 0) is 51.1 Å². The van der Waals surface area contributed by atoms with E-state index in [1.165, 1.54) is 0 Å². The van der Waals surface area contributed by atoms with Crippen molar-refractivity contribution in [2.24, 2.45) is 5.92 Å². The normalized spacial score (nSPS) is 16.7. The quantitative estimate of drug-likeness (QED) is 0.885. The van der Waals surface area contributed by atoms with E-state index in [2.05, 4.69) is 15.6 Å². The highest BCUT2D eigenvalue weighted by molar-refractivity contribution is 7.18. The number of nitrogens with one attached hydrogen (secondary N) is 2. The molecular weight excluding hydrogens is 258 g/mol. The molecule has 0 saturated carbocycles. The van der Waals surface area contributed by atoms with Gasteiger partial charge in [-0.15, -0.1) is 11.3 Å². The summed E-state index contributed by atoms with van der Waals surface area (Å²) in [5, 5.41) is 7.35. The second-order valence-corrected chi connectivity index (χ2v) is 6.16. The monoisotopic (exact) mass is 275 g/mol. The van der Waals surface area contributed by atoms with Crippen LogP contribution in [-0.2, 0) is 4.79 Å². The smallest absolute Gasteiger partial charge is 0.227 e. The van der Waals surface area contributed by atoms with E-state index in [4.69, 9.17) is 0 Å². The first-order valence-corrected chi connectivity index (χ1v) is 7.43. The van der Waals surface area contributed by atoms with Crippen LogP contribution in [0.1, 0.15) is 17.8 Å². The van der Waals surface area contributed by atoms with Gasteiger partial charge in [0.2, 0.25) is 5.91 Å². The average molecular weight is 275 g/mol. The average Bonchev–Trinajstić information content (AvgIpc) is 2.79.